The summed E-state index contributed by atoms with van der Waals surface area (Å²) in [7, 11) is 1.73. The van der Waals surface area contributed by atoms with Crippen molar-refractivity contribution in [1.82, 2.24) is 0 Å². The van der Waals surface area contributed by atoms with E-state index in [0.717, 1.165) is 18.6 Å². The average Bonchev–Trinajstić information content (AvgIpc) is 2.58. The van der Waals surface area contributed by atoms with Crippen LogP contribution in [0.3, 0.4) is 0 Å². The summed E-state index contributed by atoms with van der Waals surface area (Å²) in [6.07, 6.45) is 1.94. The van der Waals surface area contributed by atoms with Crippen molar-refractivity contribution in [2.24, 2.45) is 5.73 Å². The van der Waals surface area contributed by atoms with Crippen LogP contribution < -0.4 is 10.5 Å². The third-order valence-corrected chi connectivity index (χ3v) is 4.74. The summed E-state index contributed by atoms with van der Waals surface area (Å²) in [5, 5.41) is 0. The highest BCUT2D eigenvalue weighted by Gasteiger charge is 2.16. The van der Waals surface area contributed by atoms with Crippen LogP contribution in [0.5, 0.6) is 5.75 Å². The van der Waals surface area contributed by atoms with E-state index >= 15 is 0 Å². The maximum absolute atomic E-state index is 6.08. The van der Waals surface area contributed by atoms with E-state index in [-0.39, 0.29) is 5.41 Å². The molecule has 0 amide bonds. The number of ether oxygens (including phenoxy) is 1. The number of hydrogen-bond donors (Lipinski definition) is 1. The summed E-state index contributed by atoms with van der Waals surface area (Å²) in [5.74, 6) is 1.32. The Hall–Kier alpha value is -1.80. The lowest BCUT2D eigenvalue weighted by atomic mass is 9.84. The van der Waals surface area contributed by atoms with Gasteiger partial charge in [-0.3, -0.25) is 0 Å². The summed E-state index contributed by atoms with van der Waals surface area (Å²) in [5.41, 5.74) is 11.5. The van der Waals surface area contributed by atoms with Gasteiger partial charge in [0.15, 0.2) is 0 Å². The first-order valence-corrected chi connectivity index (χ1v) is 8.85. The predicted molar refractivity (Wildman–Crippen MR) is 103 cm³/mol. The summed E-state index contributed by atoms with van der Waals surface area (Å²) < 4.78 is 5.43. The molecule has 1 atom stereocenters. The van der Waals surface area contributed by atoms with E-state index < -0.39 is 0 Å². The molecule has 0 saturated heterocycles. The Kier molecular flexibility index (Phi) is 6.06. The third-order valence-electron chi connectivity index (χ3n) is 4.74. The Bertz CT molecular complexity index is 653. The van der Waals surface area contributed by atoms with Crippen LogP contribution in [-0.4, -0.2) is 13.7 Å². The van der Waals surface area contributed by atoms with Crippen molar-refractivity contribution in [2.45, 2.75) is 51.9 Å². The number of methoxy groups -OCH3 is 1. The van der Waals surface area contributed by atoms with Crippen LogP contribution in [0, 0.1) is 0 Å². The molecule has 0 spiro atoms. The molecule has 2 aromatic rings. The lowest BCUT2D eigenvalue weighted by molar-refractivity contribution is 0.410. The monoisotopic (exact) mass is 325 g/mol. The highest BCUT2D eigenvalue weighted by Crippen LogP contribution is 2.27. The number of benzene rings is 2. The van der Waals surface area contributed by atoms with Gasteiger partial charge in [-0.05, 0) is 53.1 Å². The van der Waals surface area contributed by atoms with Crippen molar-refractivity contribution < 1.29 is 4.74 Å². The first kappa shape index (κ1) is 18.5. The van der Waals surface area contributed by atoms with Gasteiger partial charge in [-0.25, -0.2) is 0 Å². The molecule has 0 aromatic heterocycles. The second kappa shape index (κ2) is 7.85. The zero-order chi connectivity index (χ0) is 17.7. The first-order valence-electron chi connectivity index (χ1n) is 8.85. The topological polar surface area (TPSA) is 35.2 Å². The van der Waals surface area contributed by atoms with Crippen LogP contribution >= 0.6 is 0 Å². The van der Waals surface area contributed by atoms with Gasteiger partial charge in [0.25, 0.3) is 0 Å². The third kappa shape index (κ3) is 4.39. The maximum atomic E-state index is 6.08. The summed E-state index contributed by atoms with van der Waals surface area (Å²) in [4.78, 5) is 0. The van der Waals surface area contributed by atoms with Crippen LogP contribution in [0.15, 0.2) is 42.5 Å². The number of nitrogens with two attached hydrogens (primary N) is 1. The molecule has 0 saturated carbocycles. The van der Waals surface area contributed by atoms with Gasteiger partial charge >= 0.3 is 0 Å². The van der Waals surface area contributed by atoms with E-state index in [0.29, 0.717) is 12.5 Å². The summed E-state index contributed by atoms with van der Waals surface area (Å²) >= 11 is 0. The minimum absolute atomic E-state index is 0.183. The highest BCUT2D eigenvalue weighted by molar-refractivity contribution is 5.38. The molecule has 0 heterocycles. The number of hydrogen-bond acceptors (Lipinski definition) is 2. The molecule has 2 N–H and O–H groups in total. The molecule has 0 bridgehead atoms. The van der Waals surface area contributed by atoms with E-state index in [2.05, 4.69) is 70.2 Å². The molecular weight excluding hydrogens is 294 g/mol. The van der Waals surface area contributed by atoms with E-state index in [1.165, 1.54) is 22.3 Å². The van der Waals surface area contributed by atoms with Gasteiger partial charge < -0.3 is 10.5 Å². The molecule has 0 aliphatic carbocycles. The zero-order valence-corrected chi connectivity index (χ0v) is 15.7. The van der Waals surface area contributed by atoms with Crippen molar-refractivity contribution in [3.8, 4) is 5.75 Å². The fourth-order valence-corrected chi connectivity index (χ4v) is 3.11. The molecule has 2 heteroatoms. The zero-order valence-electron chi connectivity index (χ0n) is 15.7. The van der Waals surface area contributed by atoms with Crippen molar-refractivity contribution in [1.29, 1.82) is 0 Å². The lowest BCUT2D eigenvalue weighted by Gasteiger charge is -2.21. The molecule has 0 fully saturated rings. The molecule has 0 radical (unpaired) electrons. The Balaban J connectivity index is 2.20. The van der Waals surface area contributed by atoms with Crippen LogP contribution in [-0.2, 0) is 18.3 Å². The van der Waals surface area contributed by atoms with Gasteiger partial charge in [0, 0.05) is 5.92 Å². The molecule has 0 aliphatic heterocycles. The molecule has 1 unspecified atom stereocenters. The molecule has 2 aromatic carbocycles. The minimum Gasteiger partial charge on any atom is -0.496 e. The van der Waals surface area contributed by atoms with E-state index in [9.17, 15) is 0 Å². The van der Waals surface area contributed by atoms with Crippen molar-refractivity contribution in [3.05, 3.63) is 64.7 Å². The van der Waals surface area contributed by atoms with Gasteiger partial charge in [-0.15, -0.1) is 0 Å². The van der Waals surface area contributed by atoms with Crippen LogP contribution in [0.4, 0.5) is 0 Å². The summed E-state index contributed by atoms with van der Waals surface area (Å²) in [6.45, 7) is 9.54. The second-order valence-electron chi connectivity index (χ2n) is 7.51. The van der Waals surface area contributed by atoms with Gasteiger partial charge in [0.05, 0.1) is 7.11 Å². The number of rotatable bonds is 6. The second-order valence-corrected chi connectivity index (χ2v) is 7.51. The first-order chi connectivity index (χ1) is 11.4. The number of aryl methyl sites for hydroxylation is 1. The maximum Gasteiger partial charge on any atom is 0.122 e. The average molecular weight is 325 g/mol. The fourth-order valence-electron chi connectivity index (χ4n) is 3.11. The lowest BCUT2D eigenvalue weighted by Crippen LogP contribution is -2.16. The van der Waals surface area contributed by atoms with Crippen LogP contribution in [0.1, 0.15) is 55.9 Å². The van der Waals surface area contributed by atoms with E-state index in [1.54, 1.807) is 7.11 Å². The molecular formula is C22H31NO. The molecule has 130 valence electrons. The van der Waals surface area contributed by atoms with Crippen LogP contribution in [0.25, 0.3) is 0 Å². The van der Waals surface area contributed by atoms with Crippen molar-refractivity contribution in [2.75, 3.05) is 13.7 Å². The van der Waals surface area contributed by atoms with Crippen molar-refractivity contribution >= 4 is 0 Å². The largest absolute Gasteiger partial charge is 0.496 e. The molecule has 2 nitrogen and oxygen atoms in total. The van der Waals surface area contributed by atoms with Gasteiger partial charge in [-0.1, -0.05) is 64.1 Å². The quantitative estimate of drug-likeness (QED) is 0.825. The highest BCUT2D eigenvalue weighted by atomic mass is 16.5. The Morgan fingerprint density at radius 3 is 2.21 bits per heavy atom. The van der Waals surface area contributed by atoms with Crippen molar-refractivity contribution in [3.63, 3.8) is 0 Å². The molecule has 24 heavy (non-hydrogen) atoms. The summed E-state index contributed by atoms with van der Waals surface area (Å²) in [6, 6.07) is 15.4. The normalized spacial score (nSPS) is 12.9. The van der Waals surface area contributed by atoms with E-state index in [4.69, 9.17) is 10.5 Å². The molecule has 2 rings (SSSR count). The predicted octanol–water partition coefficient (Wildman–Crippen LogP) is 4.84. The Labute approximate surface area is 147 Å². The molecule has 0 aliphatic rings. The van der Waals surface area contributed by atoms with Gasteiger partial charge in [0.2, 0.25) is 0 Å². The van der Waals surface area contributed by atoms with Gasteiger partial charge in [0.1, 0.15) is 5.75 Å². The van der Waals surface area contributed by atoms with Crippen LogP contribution in [0.2, 0.25) is 0 Å². The SMILES string of the molecule is CCc1cc(CC(CN)c2ccc(C(C)(C)C)cc2)ccc1OC. The van der Waals surface area contributed by atoms with Gasteiger partial charge in [-0.2, -0.15) is 0 Å². The standard InChI is InChI=1S/C22H31NO/c1-6-17-13-16(7-12-21(17)24-5)14-19(15-23)18-8-10-20(11-9-18)22(2,3)4/h7-13,19H,6,14-15,23H2,1-5H3. The van der Waals surface area contributed by atoms with E-state index in [1.807, 2.05) is 0 Å². The Morgan fingerprint density at radius 1 is 1.04 bits per heavy atom. The Morgan fingerprint density at radius 2 is 1.71 bits per heavy atom. The fraction of sp³-hybridized carbons (Fsp3) is 0.455. The minimum atomic E-state index is 0.183. The smallest absolute Gasteiger partial charge is 0.122 e.